The Kier molecular flexibility index (Phi) is 6.91. The summed E-state index contributed by atoms with van der Waals surface area (Å²) in [6.45, 7) is 3.73. The highest BCUT2D eigenvalue weighted by atomic mass is 16.5. The molecule has 1 heterocycles. The number of aromatic carboxylic acids is 1. The molecule has 23 heavy (non-hydrogen) atoms. The van der Waals surface area contributed by atoms with Crippen LogP contribution in [0.3, 0.4) is 0 Å². The average molecular weight is 324 g/mol. The first-order chi connectivity index (χ1) is 10.8. The van der Waals surface area contributed by atoms with Gasteiger partial charge in [-0.3, -0.25) is 4.79 Å². The van der Waals surface area contributed by atoms with E-state index in [4.69, 9.17) is 5.11 Å². The van der Waals surface area contributed by atoms with Crippen molar-refractivity contribution in [3.05, 3.63) is 18.1 Å². The summed E-state index contributed by atoms with van der Waals surface area (Å²) in [5.41, 5.74) is -0.192. The van der Waals surface area contributed by atoms with Gasteiger partial charge in [-0.25, -0.2) is 19.6 Å². The predicted octanol–water partition coefficient (Wildman–Crippen LogP) is 0.291. The molecule has 1 atom stereocenters. The molecule has 0 saturated carbocycles. The summed E-state index contributed by atoms with van der Waals surface area (Å²) in [6, 6.07) is -0.713. The zero-order valence-corrected chi connectivity index (χ0v) is 13.2. The number of nitrogens with one attached hydrogen (secondary N) is 2. The third kappa shape index (κ3) is 6.29. The first-order valence-corrected chi connectivity index (χ1v) is 6.99. The predicted molar refractivity (Wildman–Crippen MR) is 80.9 cm³/mol. The summed E-state index contributed by atoms with van der Waals surface area (Å²) in [5.74, 6) is -1.63. The molecule has 0 spiro atoms. The van der Waals surface area contributed by atoms with Crippen molar-refractivity contribution in [2.75, 3.05) is 19.0 Å². The highest BCUT2D eigenvalue weighted by Crippen LogP contribution is 2.06. The quantitative estimate of drug-likeness (QED) is 0.582. The number of hydrogen-bond donors (Lipinski definition) is 3. The highest BCUT2D eigenvalue weighted by Gasteiger charge is 2.22. The van der Waals surface area contributed by atoms with Crippen LogP contribution in [0, 0.1) is 5.92 Å². The Morgan fingerprint density at radius 2 is 1.96 bits per heavy atom. The summed E-state index contributed by atoms with van der Waals surface area (Å²) in [6.07, 6.45) is 2.76. The summed E-state index contributed by atoms with van der Waals surface area (Å²) < 4.78 is 4.66. The number of carbonyl (C=O) groups excluding carboxylic acids is 2. The lowest BCUT2D eigenvalue weighted by Crippen LogP contribution is -2.44. The molecule has 0 aliphatic carbocycles. The van der Waals surface area contributed by atoms with Crippen molar-refractivity contribution in [2.24, 2.45) is 5.92 Å². The zero-order chi connectivity index (χ0) is 17.4. The van der Waals surface area contributed by atoms with Gasteiger partial charge in [-0.2, -0.15) is 0 Å². The van der Waals surface area contributed by atoms with E-state index < -0.39 is 23.9 Å². The van der Waals surface area contributed by atoms with Gasteiger partial charge >= 0.3 is 11.9 Å². The highest BCUT2D eigenvalue weighted by molar-refractivity contribution is 5.87. The van der Waals surface area contributed by atoms with Crippen LogP contribution in [-0.2, 0) is 14.3 Å². The Bertz CT molecular complexity index is 559. The molecule has 0 radical (unpaired) electrons. The van der Waals surface area contributed by atoms with E-state index in [0.29, 0.717) is 6.42 Å². The number of rotatable bonds is 8. The van der Waals surface area contributed by atoms with Crippen molar-refractivity contribution in [1.82, 2.24) is 15.3 Å². The van der Waals surface area contributed by atoms with Crippen molar-refractivity contribution < 1.29 is 24.2 Å². The number of carboxylic acid groups (broad SMARTS) is 1. The minimum atomic E-state index is -1.18. The molecule has 0 bridgehead atoms. The van der Waals surface area contributed by atoms with Crippen LogP contribution in [0.25, 0.3) is 0 Å². The summed E-state index contributed by atoms with van der Waals surface area (Å²) in [5, 5.41) is 14.0. The third-order valence-electron chi connectivity index (χ3n) is 2.83. The minimum absolute atomic E-state index is 0.132. The molecule has 1 amide bonds. The van der Waals surface area contributed by atoms with Crippen LogP contribution in [0.1, 0.15) is 30.8 Å². The number of esters is 1. The maximum Gasteiger partial charge on any atom is 0.356 e. The van der Waals surface area contributed by atoms with E-state index in [2.05, 4.69) is 25.3 Å². The van der Waals surface area contributed by atoms with Crippen LogP contribution in [-0.4, -0.2) is 52.6 Å². The number of carboxylic acids is 1. The number of ether oxygens (including phenoxy) is 1. The number of amides is 1. The van der Waals surface area contributed by atoms with Gasteiger partial charge in [0.25, 0.3) is 0 Å². The van der Waals surface area contributed by atoms with Crippen LogP contribution >= 0.6 is 0 Å². The van der Waals surface area contributed by atoms with E-state index in [1.54, 1.807) is 0 Å². The van der Waals surface area contributed by atoms with Gasteiger partial charge in [-0.05, 0) is 12.3 Å². The lowest BCUT2D eigenvalue weighted by molar-refractivity contribution is -0.145. The lowest BCUT2D eigenvalue weighted by atomic mass is 10.0. The fraction of sp³-hybridized carbons (Fsp3) is 0.500. The molecule has 126 valence electrons. The smallest absolute Gasteiger partial charge is 0.356 e. The van der Waals surface area contributed by atoms with Crippen LogP contribution < -0.4 is 10.6 Å². The first-order valence-electron chi connectivity index (χ1n) is 6.99. The molecule has 9 heteroatoms. The molecule has 0 aromatic carbocycles. The van der Waals surface area contributed by atoms with Crippen LogP contribution in [0.15, 0.2) is 12.4 Å². The SMILES string of the molecule is COC(=O)[C@H](CC(C)C)NC(=O)CNc1cnc(C(=O)O)cn1. The number of hydrogen-bond acceptors (Lipinski definition) is 7. The Labute approximate surface area is 133 Å². The molecule has 3 N–H and O–H groups in total. The fourth-order valence-corrected chi connectivity index (χ4v) is 1.77. The summed E-state index contributed by atoms with van der Waals surface area (Å²) >= 11 is 0. The minimum Gasteiger partial charge on any atom is -0.476 e. The van der Waals surface area contributed by atoms with Gasteiger partial charge in [0.05, 0.1) is 26.0 Å². The Balaban J connectivity index is 2.54. The van der Waals surface area contributed by atoms with Crippen molar-refractivity contribution in [3.63, 3.8) is 0 Å². The normalized spacial score (nSPS) is 11.7. The van der Waals surface area contributed by atoms with Crippen molar-refractivity contribution >= 4 is 23.7 Å². The van der Waals surface area contributed by atoms with E-state index in [-0.39, 0.29) is 24.0 Å². The summed E-state index contributed by atoms with van der Waals surface area (Å²) in [7, 11) is 1.26. The Hall–Kier alpha value is -2.71. The third-order valence-corrected chi connectivity index (χ3v) is 2.83. The van der Waals surface area contributed by atoms with E-state index in [0.717, 1.165) is 6.20 Å². The number of nitrogens with zero attached hydrogens (tertiary/aromatic N) is 2. The van der Waals surface area contributed by atoms with Gasteiger partial charge in [0.2, 0.25) is 5.91 Å². The lowest BCUT2D eigenvalue weighted by Gasteiger charge is -2.18. The standard InChI is InChI=1S/C14H20N4O5/c1-8(2)4-9(14(22)23-3)18-12(19)7-17-11-6-15-10(5-16-11)13(20)21/h5-6,8-9H,4,7H2,1-3H3,(H,16,17)(H,18,19)(H,20,21)/t9-/m0/s1. The number of carbonyl (C=O) groups is 3. The van der Waals surface area contributed by atoms with E-state index in [9.17, 15) is 14.4 Å². The number of aromatic nitrogens is 2. The number of methoxy groups -OCH3 is 1. The Morgan fingerprint density at radius 3 is 2.43 bits per heavy atom. The van der Waals surface area contributed by atoms with E-state index in [1.807, 2.05) is 13.8 Å². The molecule has 0 saturated heterocycles. The van der Waals surface area contributed by atoms with Gasteiger partial charge in [-0.1, -0.05) is 13.8 Å². The van der Waals surface area contributed by atoms with Gasteiger partial charge < -0.3 is 20.5 Å². The topological polar surface area (TPSA) is 131 Å². The van der Waals surface area contributed by atoms with E-state index in [1.165, 1.54) is 13.3 Å². The maximum absolute atomic E-state index is 11.9. The second-order valence-corrected chi connectivity index (χ2v) is 5.22. The molecule has 1 rings (SSSR count). The first kappa shape index (κ1) is 18.3. The fourth-order valence-electron chi connectivity index (χ4n) is 1.77. The molecule has 9 nitrogen and oxygen atoms in total. The van der Waals surface area contributed by atoms with Crippen molar-refractivity contribution in [2.45, 2.75) is 26.3 Å². The van der Waals surface area contributed by atoms with Crippen LogP contribution in [0.5, 0.6) is 0 Å². The average Bonchev–Trinajstić information content (AvgIpc) is 2.51. The molecule has 0 unspecified atom stereocenters. The molecule has 0 aliphatic rings. The largest absolute Gasteiger partial charge is 0.476 e. The van der Waals surface area contributed by atoms with Crippen LogP contribution in [0.4, 0.5) is 5.82 Å². The monoisotopic (exact) mass is 324 g/mol. The van der Waals surface area contributed by atoms with Gasteiger partial charge in [0.1, 0.15) is 11.9 Å². The molecular formula is C14H20N4O5. The molecule has 0 fully saturated rings. The maximum atomic E-state index is 11.9. The van der Waals surface area contributed by atoms with Crippen LogP contribution in [0.2, 0.25) is 0 Å². The molecule has 1 aromatic rings. The van der Waals surface area contributed by atoms with Crippen molar-refractivity contribution in [1.29, 1.82) is 0 Å². The van der Waals surface area contributed by atoms with Gasteiger partial charge in [0.15, 0.2) is 5.69 Å². The second-order valence-electron chi connectivity index (χ2n) is 5.22. The molecular weight excluding hydrogens is 304 g/mol. The summed E-state index contributed by atoms with van der Waals surface area (Å²) in [4.78, 5) is 41.6. The van der Waals surface area contributed by atoms with Gasteiger partial charge in [-0.15, -0.1) is 0 Å². The number of anilines is 1. The van der Waals surface area contributed by atoms with E-state index >= 15 is 0 Å². The molecule has 0 aliphatic heterocycles. The van der Waals surface area contributed by atoms with Gasteiger partial charge in [0, 0.05) is 0 Å². The zero-order valence-electron chi connectivity index (χ0n) is 13.2. The second kappa shape index (κ2) is 8.66. The molecule has 1 aromatic heterocycles. The Morgan fingerprint density at radius 1 is 1.26 bits per heavy atom. The van der Waals surface area contributed by atoms with Crippen molar-refractivity contribution in [3.8, 4) is 0 Å².